The van der Waals surface area contributed by atoms with Crippen molar-refractivity contribution in [3.63, 3.8) is 0 Å². The smallest absolute Gasteiger partial charge is 0.311 e. The van der Waals surface area contributed by atoms with Crippen LogP contribution in [-0.4, -0.2) is 94.6 Å². The van der Waals surface area contributed by atoms with Crippen LogP contribution in [-0.2, 0) is 76.3 Å². The third-order valence-electron chi connectivity index (χ3n) is 34.4. The van der Waals surface area contributed by atoms with Crippen LogP contribution in [0.4, 0.5) is 0 Å². The summed E-state index contributed by atoms with van der Waals surface area (Å²) in [5, 5.41) is 0. The topological polar surface area (TPSA) is 210 Å². The molecule has 0 N–H and O–H groups in total. The minimum atomic E-state index is -0.454. The Morgan fingerprint density at radius 1 is 0.280 bits per heavy atom. The average molecular weight is 1660 g/mol. The number of rotatable bonds is 22. The molecule has 0 radical (unpaired) electrons. The highest BCUT2D eigenvalue weighted by molar-refractivity contribution is 5.80. The van der Waals surface area contributed by atoms with E-state index in [2.05, 4.69) is 27.7 Å². The molecular formula is C102H180O16. The minimum absolute atomic E-state index is 0. The lowest BCUT2D eigenvalue weighted by molar-refractivity contribution is -0.217. The van der Waals surface area contributed by atoms with Crippen LogP contribution in [0, 0.1) is 140 Å². The number of ether oxygens (including phenoxy) is 8. The van der Waals surface area contributed by atoms with E-state index >= 15 is 0 Å². The standard InChI is InChI=1S/C26H40O4.C25H38O4.C22H36O4.C21H34O4.8CH4/c1-5-25(3,4)24(28)29-22-14-17-12-20(22)21(13-17)23(27)30-26(6-2)18-8-15-7-16(10-18)11-19(26)9-15;1-5-24(2,3)23(27)28-21-13-16-11-19(21)20(12-16)22(26)29-25(4)17-7-14-6-15(9-17)10-18(25)8-14;1-5-21(3,4)20(24)25-18-14-15-12-16(18)17(13-15)19(23)26-22(6-2)10-8-7-9-11-22;1-5-20(2,3)19(23)24-17-13-14-11-15(17)16(12-14)18(22)25-21(4)9-7-6-8-10-21;;;;;;;;/h15-22H,5-14H2,1-4H3;14-21H,5-13H2,1-4H3;15-18H,5-14H2,1-4H3;14-17H,5-13H2,1-4H3;8*1H4. The molecule has 0 aromatic carbocycles. The van der Waals surface area contributed by atoms with E-state index in [9.17, 15) is 38.4 Å². The molecule has 18 saturated carbocycles. The van der Waals surface area contributed by atoms with Gasteiger partial charge in [0, 0.05) is 23.7 Å². The first-order valence-corrected chi connectivity index (χ1v) is 45.7. The van der Waals surface area contributed by atoms with E-state index < -0.39 is 21.7 Å². The molecule has 16 unspecified atom stereocenters. The molecule has 18 aliphatic rings. The van der Waals surface area contributed by atoms with Gasteiger partial charge in [0.05, 0.1) is 45.3 Å². The lowest BCUT2D eigenvalue weighted by Gasteiger charge is -2.60. The summed E-state index contributed by atoms with van der Waals surface area (Å²) in [6.45, 7) is 32.3. The summed E-state index contributed by atoms with van der Waals surface area (Å²) in [5.74, 6) is 7.54. The van der Waals surface area contributed by atoms with Crippen molar-refractivity contribution in [2.45, 2.75) is 461 Å². The number of fused-ring (bicyclic) bond motifs is 8. The van der Waals surface area contributed by atoms with Crippen molar-refractivity contribution in [1.29, 1.82) is 0 Å². The van der Waals surface area contributed by atoms with E-state index in [1.165, 1.54) is 77.0 Å². The average Bonchev–Trinajstić information content (AvgIpc) is 1.08. The molecule has 0 aliphatic heterocycles. The normalized spacial score (nSPS) is 37.9. The molecule has 16 bridgehead atoms. The molecule has 0 amide bonds. The molecule has 0 saturated heterocycles. The first-order chi connectivity index (χ1) is 52.0. The minimum Gasteiger partial charge on any atom is -0.462 e. The summed E-state index contributed by atoms with van der Waals surface area (Å²) >= 11 is 0. The number of hydrogen-bond donors (Lipinski definition) is 0. The molecule has 684 valence electrons. The summed E-state index contributed by atoms with van der Waals surface area (Å²) in [6, 6.07) is 0. The van der Waals surface area contributed by atoms with Crippen molar-refractivity contribution in [1.82, 2.24) is 0 Å². The molecule has 118 heavy (non-hydrogen) atoms. The molecule has 0 aromatic rings. The van der Waals surface area contributed by atoms with Gasteiger partial charge in [-0.15, -0.1) is 0 Å². The third-order valence-corrected chi connectivity index (χ3v) is 34.4. The van der Waals surface area contributed by atoms with E-state index in [-0.39, 0.29) is 201 Å². The van der Waals surface area contributed by atoms with Crippen molar-refractivity contribution < 1.29 is 76.3 Å². The van der Waals surface area contributed by atoms with Gasteiger partial charge in [0.15, 0.2) is 0 Å². The highest BCUT2D eigenvalue weighted by atomic mass is 16.6. The molecule has 16 heteroatoms. The Morgan fingerprint density at radius 2 is 0.534 bits per heavy atom. The molecule has 0 spiro atoms. The van der Waals surface area contributed by atoms with Crippen LogP contribution in [0.1, 0.15) is 414 Å². The van der Waals surface area contributed by atoms with Crippen molar-refractivity contribution in [3.8, 4) is 0 Å². The Kier molecular flexibility index (Phi) is 36.1. The van der Waals surface area contributed by atoms with Crippen LogP contribution in [0.3, 0.4) is 0 Å². The highest BCUT2D eigenvalue weighted by Gasteiger charge is 2.63. The van der Waals surface area contributed by atoms with Gasteiger partial charge in [0.2, 0.25) is 0 Å². The molecule has 18 rings (SSSR count). The Labute approximate surface area is 721 Å². The molecule has 18 aliphatic carbocycles. The van der Waals surface area contributed by atoms with Gasteiger partial charge >= 0.3 is 47.8 Å². The van der Waals surface area contributed by atoms with Crippen molar-refractivity contribution in [2.24, 2.45) is 140 Å². The summed E-state index contributed by atoms with van der Waals surface area (Å²) in [4.78, 5) is 103. The van der Waals surface area contributed by atoms with Gasteiger partial charge in [0.25, 0.3) is 0 Å². The van der Waals surface area contributed by atoms with Crippen LogP contribution in [0.5, 0.6) is 0 Å². The second-order valence-corrected chi connectivity index (χ2v) is 43.0. The zero-order valence-electron chi connectivity index (χ0n) is 71.3. The molecule has 0 heterocycles. The highest BCUT2D eigenvalue weighted by Crippen LogP contribution is 2.64. The second-order valence-electron chi connectivity index (χ2n) is 43.0. The number of carbonyl (C=O) groups is 8. The molecular weight excluding hydrogens is 1480 g/mol. The molecule has 0 aromatic heterocycles. The number of esters is 8. The predicted molar refractivity (Wildman–Crippen MR) is 474 cm³/mol. The van der Waals surface area contributed by atoms with Gasteiger partial charge in [-0.25, -0.2) is 0 Å². The fourth-order valence-electron chi connectivity index (χ4n) is 25.9. The van der Waals surface area contributed by atoms with E-state index in [4.69, 9.17) is 37.9 Å². The van der Waals surface area contributed by atoms with Crippen LogP contribution < -0.4 is 0 Å². The van der Waals surface area contributed by atoms with Gasteiger partial charge in [-0.05, 0) is 371 Å². The molecule has 16 nitrogen and oxygen atoms in total. The fourth-order valence-corrected chi connectivity index (χ4v) is 25.9. The molecule has 16 atom stereocenters. The fraction of sp³-hybridized carbons (Fsp3) is 0.922. The van der Waals surface area contributed by atoms with Crippen molar-refractivity contribution in [3.05, 3.63) is 0 Å². The number of carbonyl (C=O) groups excluding carboxylic acids is 8. The quantitative estimate of drug-likeness (QED) is 0.0729. The van der Waals surface area contributed by atoms with E-state index in [0.29, 0.717) is 47.3 Å². The summed E-state index contributed by atoms with van der Waals surface area (Å²) < 4.78 is 48.7. The monoisotopic (exact) mass is 1660 g/mol. The second kappa shape index (κ2) is 40.8. The van der Waals surface area contributed by atoms with Crippen LogP contribution in [0.15, 0.2) is 0 Å². The van der Waals surface area contributed by atoms with Crippen LogP contribution in [0.2, 0.25) is 0 Å². The Balaban J connectivity index is 0.000000275. The van der Waals surface area contributed by atoms with E-state index in [1.807, 2.05) is 83.1 Å². The van der Waals surface area contributed by atoms with Crippen LogP contribution in [0.25, 0.3) is 0 Å². The van der Waals surface area contributed by atoms with E-state index in [1.54, 1.807) is 0 Å². The summed E-state index contributed by atoms with van der Waals surface area (Å²) in [6.07, 6.45) is 39.8. The zero-order chi connectivity index (χ0) is 79.0. The maximum atomic E-state index is 13.5. The third kappa shape index (κ3) is 21.3. The van der Waals surface area contributed by atoms with Crippen molar-refractivity contribution in [2.75, 3.05) is 0 Å². The number of hydrogen-bond acceptors (Lipinski definition) is 16. The lowest BCUT2D eigenvalue weighted by Crippen LogP contribution is -2.60. The first-order valence-electron chi connectivity index (χ1n) is 45.7. The van der Waals surface area contributed by atoms with Gasteiger partial charge in [-0.2, -0.15) is 0 Å². The lowest BCUT2D eigenvalue weighted by atomic mass is 9.49. The molecule has 18 fully saturated rings. The van der Waals surface area contributed by atoms with Gasteiger partial charge in [0.1, 0.15) is 46.8 Å². The van der Waals surface area contributed by atoms with Gasteiger partial charge < -0.3 is 37.9 Å². The SMILES string of the molecule is C.C.C.C.C.C.C.C.CCC(C)(C)C(=O)OC1CC2CC(C(=O)OC3(C)C4CC5CC(C4)CC3C5)C1C2.CCC(C)(C)C(=O)OC1CC2CC(C(=O)OC3(C)CCCCC3)C1C2.CCC(C)(C)C(=O)OC1CC2CC(C(=O)OC3(CC)C4CC5CC(C4)CC3C5)C1C2.CCC1(OC(=O)C2CC3CC(OC(=O)C(C)(C)CC)C2C3)CCCCC1. The predicted octanol–water partition coefficient (Wildman–Crippen LogP) is 25.4. The van der Waals surface area contributed by atoms with E-state index in [0.717, 1.165) is 191 Å². The Hall–Kier alpha value is -4.24. The maximum Gasteiger partial charge on any atom is 0.311 e. The van der Waals surface area contributed by atoms with Crippen molar-refractivity contribution >= 4 is 47.8 Å². The van der Waals surface area contributed by atoms with Gasteiger partial charge in [-0.1, -0.05) is 114 Å². The Bertz CT molecular complexity index is 3250. The maximum absolute atomic E-state index is 13.5. The first kappa shape index (κ1) is 104. The zero-order valence-corrected chi connectivity index (χ0v) is 71.3. The van der Waals surface area contributed by atoms with Gasteiger partial charge in [-0.3, -0.25) is 38.4 Å². The van der Waals surface area contributed by atoms with Crippen LogP contribution >= 0.6 is 0 Å². The summed E-state index contributed by atoms with van der Waals surface area (Å²) in [7, 11) is 0. The Morgan fingerprint density at radius 3 is 0.805 bits per heavy atom. The largest absolute Gasteiger partial charge is 0.462 e. The summed E-state index contributed by atoms with van der Waals surface area (Å²) in [5.41, 5.74) is -2.82.